The molecule has 1 aromatic heterocycles. The molecule has 1 heterocycles. The fourth-order valence-corrected chi connectivity index (χ4v) is 1.95. The largest absolute Gasteiger partial charge is 0.387 e. The van der Waals surface area contributed by atoms with Crippen molar-refractivity contribution in [2.45, 2.75) is 26.5 Å². The van der Waals surface area contributed by atoms with Crippen LogP contribution in [0.2, 0.25) is 0 Å². The quantitative estimate of drug-likeness (QED) is 0.892. The Hall–Kier alpha value is -1.94. The second-order valence-electron chi connectivity index (χ2n) is 4.36. The Labute approximate surface area is 106 Å². The maximum atomic E-state index is 11.8. The van der Waals surface area contributed by atoms with E-state index in [1.54, 1.807) is 6.92 Å². The molecule has 0 amide bonds. The zero-order valence-electron chi connectivity index (χ0n) is 10.5. The zero-order chi connectivity index (χ0) is 13.1. The van der Waals surface area contributed by atoms with Gasteiger partial charge in [-0.3, -0.25) is 4.57 Å². The molecule has 0 fully saturated rings. The van der Waals surface area contributed by atoms with Gasteiger partial charge in [-0.15, -0.1) is 0 Å². The van der Waals surface area contributed by atoms with Crippen LogP contribution in [0.3, 0.4) is 0 Å². The minimum absolute atomic E-state index is 0.224. The summed E-state index contributed by atoms with van der Waals surface area (Å²) in [7, 11) is 0. The number of nitrogens with zero attached hydrogens (tertiary/aromatic N) is 2. The number of hydrogen-bond donors (Lipinski definition) is 1. The summed E-state index contributed by atoms with van der Waals surface area (Å²) in [4.78, 5) is 15.6. The highest BCUT2D eigenvalue weighted by molar-refractivity contribution is 5.17. The van der Waals surface area contributed by atoms with Gasteiger partial charge in [0.25, 0.3) is 0 Å². The third-order valence-corrected chi connectivity index (χ3v) is 2.89. The van der Waals surface area contributed by atoms with E-state index >= 15 is 0 Å². The smallest absolute Gasteiger partial charge is 0.348 e. The van der Waals surface area contributed by atoms with Gasteiger partial charge >= 0.3 is 5.69 Å². The van der Waals surface area contributed by atoms with Gasteiger partial charge in [-0.2, -0.15) is 4.98 Å². The van der Waals surface area contributed by atoms with E-state index in [1.165, 1.54) is 4.57 Å². The van der Waals surface area contributed by atoms with Gasteiger partial charge < -0.3 is 5.11 Å². The Morgan fingerprint density at radius 2 is 1.94 bits per heavy atom. The van der Waals surface area contributed by atoms with Crippen LogP contribution in [-0.4, -0.2) is 14.7 Å². The molecule has 0 aliphatic carbocycles. The molecule has 0 bridgehead atoms. The predicted octanol–water partition coefficient (Wildman–Crippen LogP) is 1.59. The SMILES string of the molecule is Cc1cc(C)n(CC(O)c2ccccc2)c(=O)n1. The van der Waals surface area contributed by atoms with E-state index < -0.39 is 6.10 Å². The maximum Gasteiger partial charge on any atom is 0.348 e. The Morgan fingerprint density at radius 3 is 2.56 bits per heavy atom. The molecule has 4 heteroatoms. The number of benzene rings is 1. The van der Waals surface area contributed by atoms with E-state index in [9.17, 15) is 9.90 Å². The van der Waals surface area contributed by atoms with Crippen molar-refractivity contribution in [1.82, 2.24) is 9.55 Å². The van der Waals surface area contributed by atoms with Crippen molar-refractivity contribution in [3.05, 3.63) is 63.8 Å². The first kappa shape index (κ1) is 12.5. The van der Waals surface area contributed by atoms with Crippen LogP contribution < -0.4 is 5.69 Å². The van der Waals surface area contributed by atoms with Crippen LogP contribution >= 0.6 is 0 Å². The molecule has 1 N–H and O–H groups in total. The van der Waals surface area contributed by atoms with E-state index in [1.807, 2.05) is 43.3 Å². The molecule has 4 nitrogen and oxygen atoms in total. The monoisotopic (exact) mass is 244 g/mol. The summed E-state index contributed by atoms with van der Waals surface area (Å²) in [5.74, 6) is 0. The summed E-state index contributed by atoms with van der Waals surface area (Å²) >= 11 is 0. The average Bonchev–Trinajstić information content (AvgIpc) is 2.34. The molecule has 2 aromatic rings. The van der Waals surface area contributed by atoms with E-state index in [0.29, 0.717) is 5.69 Å². The highest BCUT2D eigenvalue weighted by Crippen LogP contribution is 2.14. The first-order valence-electron chi connectivity index (χ1n) is 5.86. The van der Waals surface area contributed by atoms with Gasteiger partial charge in [-0.05, 0) is 25.5 Å². The van der Waals surface area contributed by atoms with E-state index in [2.05, 4.69) is 4.98 Å². The predicted molar refractivity (Wildman–Crippen MR) is 69.4 cm³/mol. The summed E-state index contributed by atoms with van der Waals surface area (Å²) < 4.78 is 1.49. The fourth-order valence-electron chi connectivity index (χ4n) is 1.95. The Morgan fingerprint density at radius 1 is 1.28 bits per heavy atom. The average molecular weight is 244 g/mol. The van der Waals surface area contributed by atoms with Crippen LogP contribution in [0.4, 0.5) is 0 Å². The van der Waals surface area contributed by atoms with Crippen molar-refractivity contribution in [3.63, 3.8) is 0 Å². The minimum atomic E-state index is -0.702. The van der Waals surface area contributed by atoms with E-state index in [4.69, 9.17) is 0 Å². The van der Waals surface area contributed by atoms with Crippen LogP contribution in [-0.2, 0) is 6.54 Å². The standard InChI is InChI=1S/C14H16N2O2/c1-10-8-11(2)16(14(18)15-10)9-13(17)12-6-4-3-5-7-12/h3-8,13,17H,9H2,1-2H3. The summed E-state index contributed by atoms with van der Waals surface area (Å²) in [6.45, 7) is 3.85. The number of hydrogen-bond acceptors (Lipinski definition) is 3. The first-order valence-corrected chi connectivity index (χ1v) is 5.86. The molecule has 0 saturated heterocycles. The molecule has 1 atom stereocenters. The van der Waals surface area contributed by atoms with E-state index in [0.717, 1.165) is 11.3 Å². The van der Waals surface area contributed by atoms with Gasteiger partial charge in [-0.25, -0.2) is 4.79 Å². The number of rotatable bonds is 3. The molecule has 1 unspecified atom stereocenters. The van der Waals surface area contributed by atoms with Crippen LogP contribution in [0.25, 0.3) is 0 Å². The Balaban J connectivity index is 2.28. The number of aliphatic hydroxyl groups excluding tert-OH is 1. The molecule has 0 spiro atoms. The van der Waals surface area contributed by atoms with Gasteiger partial charge in [0.1, 0.15) is 0 Å². The van der Waals surface area contributed by atoms with Crippen LogP contribution in [0.5, 0.6) is 0 Å². The number of aromatic nitrogens is 2. The fraction of sp³-hybridized carbons (Fsp3) is 0.286. The molecule has 0 saturated carbocycles. The lowest BCUT2D eigenvalue weighted by atomic mass is 10.1. The summed E-state index contributed by atoms with van der Waals surface area (Å²) in [5, 5.41) is 10.1. The molecule has 94 valence electrons. The molecular weight excluding hydrogens is 228 g/mol. The van der Waals surface area contributed by atoms with Gasteiger partial charge in [0.15, 0.2) is 0 Å². The van der Waals surface area contributed by atoms with Crippen LogP contribution in [0.1, 0.15) is 23.1 Å². The maximum absolute atomic E-state index is 11.8. The van der Waals surface area contributed by atoms with Gasteiger partial charge in [-0.1, -0.05) is 30.3 Å². The molecule has 0 aliphatic rings. The van der Waals surface area contributed by atoms with Crippen molar-refractivity contribution in [2.75, 3.05) is 0 Å². The topological polar surface area (TPSA) is 55.1 Å². The summed E-state index contributed by atoms with van der Waals surface area (Å²) in [6.07, 6.45) is -0.702. The van der Waals surface area contributed by atoms with Crippen molar-refractivity contribution in [2.24, 2.45) is 0 Å². The van der Waals surface area contributed by atoms with Gasteiger partial charge in [0.05, 0.1) is 12.6 Å². The molecule has 2 rings (SSSR count). The lowest BCUT2D eigenvalue weighted by molar-refractivity contribution is 0.153. The lowest BCUT2D eigenvalue weighted by Gasteiger charge is -2.15. The van der Waals surface area contributed by atoms with E-state index in [-0.39, 0.29) is 12.2 Å². The van der Waals surface area contributed by atoms with Gasteiger partial charge in [0, 0.05) is 11.4 Å². The van der Waals surface area contributed by atoms with Gasteiger partial charge in [0.2, 0.25) is 0 Å². The Kier molecular flexibility index (Phi) is 3.58. The summed E-state index contributed by atoms with van der Waals surface area (Å²) in [6, 6.07) is 11.1. The van der Waals surface area contributed by atoms with Crippen molar-refractivity contribution >= 4 is 0 Å². The molecule has 0 aliphatic heterocycles. The minimum Gasteiger partial charge on any atom is -0.387 e. The lowest BCUT2D eigenvalue weighted by Crippen LogP contribution is -2.28. The third kappa shape index (κ3) is 2.65. The van der Waals surface area contributed by atoms with Crippen LogP contribution in [0, 0.1) is 13.8 Å². The molecule has 1 aromatic carbocycles. The van der Waals surface area contributed by atoms with Crippen LogP contribution in [0.15, 0.2) is 41.2 Å². The first-order chi connectivity index (χ1) is 8.58. The highest BCUT2D eigenvalue weighted by atomic mass is 16.3. The Bertz CT molecular complexity index is 590. The third-order valence-electron chi connectivity index (χ3n) is 2.89. The highest BCUT2D eigenvalue weighted by Gasteiger charge is 2.11. The second kappa shape index (κ2) is 5.14. The van der Waals surface area contributed by atoms with Crippen molar-refractivity contribution in [3.8, 4) is 0 Å². The molecular formula is C14H16N2O2. The normalized spacial score (nSPS) is 12.4. The molecule has 0 radical (unpaired) electrons. The zero-order valence-corrected chi connectivity index (χ0v) is 10.5. The molecule has 18 heavy (non-hydrogen) atoms. The second-order valence-corrected chi connectivity index (χ2v) is 4.36. The number of aryl methyl sites for hydroxylation is 2. The number of aliphatic hydroxyl groups is 1. The van der Waals surface area contributed by atoms with Crippen molar-refractivity contribution in [1.29, 1.82) is 0 Å². The summed E-state index contributed by atoms with van der Waals surface area (Å²) in [5.41, 5.74) is 1.98. The van der Waals surface area contributed by atoms with Crippen molar-refractivity contribution < 1.29 is 5.11 Å².